The number of aromatic nitrogens is 3. The van der Waals surface area contributed by atoms with Gasteiger partial charge in [-0.1, -0.05) is 13.8 Å². The van der Waals surface area contributed by atoms with Gasteiger partial charge < -0.3 is 11.1 Å². The SMILES string of the molecule is CC(C)[C@@H](N)C(=O)NCCc1ncn[nH]1. The van der Waals surface area contributed by atoms with Gasteiger partial charge in [-0.2, -0.15) is 5.10 Å². The van der Waals surface area contributed by atoms with E-state index in [4.69, 9.17) is 5.73 Å². The van der Waals surface area contributed by atoms with Crippen molar-refractivity contribution in [2.24, 2.45) is 11.7 Å². The molecule has 0 saturated heterocycles. The summed E-state index contributed by atoms with van der Waals surface area (Å²) in [6.07, 6.45) is 2.08. The fourth-order valence-corrected chi connectivity index (χ4v) is 1.08. The van der Waals surface area contributed by atoms with E-state index < -0.39 is 6.04 Å². The zero-order chi connectivity index (χ0) is 11.3. The number of nitrogens with one attached hydrogen (secondary N) is 2. The molecule has 0 radical (unpaired) electrons. The highest BCUT2D eigenvalue weighted by molar-refractivity contribution is 5.81. The molecule has 1 aromatic rings. The lowest BCUT2D eigenvalue weighted by molar-refractivity contribution is -0.123. The van der Waals surface area contributed by atoms with Crippen molar-refractivity contribution in [2.45, 2.75) is 26.3 Å². The van der Waals surface area contributed by atoms with Crippen molar-refractivity contribution in [3.8, 4) is 0 Å². The van der Waals surface area contributed by atoms with E-state index >= 15 is 0 Å². The van der Waals surface area contributed by atoms with E-state index in [-0.39, 0.29) is 11.8 Å². The van der Waals surface area contributed by atoms with E-state index in [0.29, 0.717) is 13.0 Å². The summed E-state index contributed by atoms with van der Waals surface area (Å²) in [5.74, 6) is 0.785. The van der Waals surface area contributed by atoms with Crippen molar-refractivity contribution < 1.29 is 4.79 Å². The Kier molecular flexibility index (Phi) is 4.23. The van der Waals surface area contributed by atoms with Gasteiger partial charge in [0.2, 0.25) is 5.91 Å². The first-order valence-electron chi connectivity index (χ1n) is 4.98. The minimum absolute atomic E-state index is 0.121. The van der Waals surface area contributed by atoms with E-state index in [0.717, 1.165) is 5.82 Å². The molecule has 0 aliphatic heterocycles. The Bertz CT molecular complexity index is 295. The normalized spacial score (nSPS) is 12.8. The lowest BCUT2D eigenvalue weighted by Gasteiger charge is -2.14. The van der Waals surface area contributed by atoms with Gasteiger partial charge in [-0.05, 0) is 5.92 Å². The Morgan fingerprint density at radius 3 is 2.93 bits per heavy atom. The highest BCUT2D eigenvalue weighted by Crippen LogP contribution is 1.97. The zero-order valence-electron chi connectivity index (χ0n) is 9.03. The van der Waals surface area contributed by atoms with E-state index in [1.54, 1.807) is 0 Å². The average Bonchev–Trinajstić information content (AvgIpc) is 2.69. The van der Waals surface area contributed by atoms with Crippen LogP contribution in [0.2, 0.25) is 0 Å². The number of amides is 1. The summed E-state index contributed by atoms with van der Waals surface area (Å²) in [6.45, 7) is 4.36. The third kappa shape index (κ3) is 3.67. The van der Waals surface area contributed by atoms with Gasteiger partial charge in [0.1, 0.15) is 12.2 Å². The number of H-pyrrole nitrogens is 1. The molecule has 0 aliphatic rings. The first-order valence-corrected chi connectivity index (χ1v) is 4.98. The molecule has 1 atom stereocenters. The predicted molar refractivity (Wildman–Crippen MR) is 55.9 cm³/mol. The van der Waals surface area contributed by atoms with Gasteiger partial charge in [-0.25, -0.2) is 4.98 Å². The summed E-state index contributed by atoms with van der Waals surface area (Å²) in [5, 5.41) is 9.18. The maximum atomic E-state index is 11.4. The van der Waals surface area contributed by atoms with E-state index in [1.165, 1.54) is 6.33 Å². The first kappa shape index (κ1) is 11.6. The number of hydrogen-bond acceptors (Lipinski definition) is 4. The lowest BCUT2D eigenvalue weighted by Crippen LogP contribution is -2.44. The van der Waals surface area contributed by atoms with Crippen molar-refractivity contribution in [3.63, 3.8) is 0 Å². The highest BCUT2D eigenvalue weighted by Gasteiger charge is 2.16. The van der Waals surface area contributed by atoms with Crippen molar-refractivity contribution in [1.82, 2.24) is 20.5 Å². The Hall–Kier alpha value is -1.43. The number of hydrogen-bond donors (Lipinski definition) is 3. The number of rotatable bonds is 5. The van der Waals surface area contributed by atoms with Crippen LogP contribution < -0.4 is 11.1 Å². The maximum absolute atomic E-state index is 11.4. The minimum Gasteiger partial charge on any atom is -0.354 e. The van der Waals surface area contributed by atoms with Gasteiger partial charge in [0, 0.05) is 13.0 Å². The largest absolute Gasteiger partial charge is 0.354 e. The Labute approximate surface area is 88.7 Å². The molecule has 0 bridgehead atoms. The molecule has 0 aromatic carbocycles. The maximum Gasteiger partial charge on any atom is 0.237 e. The van der Waals surface area contributed by atoms with Crippen LogP contribution in [0.25, 0.3) is 0 Å². The molecule has 0 saturated carbocycles. The van der Waals surface area contributed by atoms with Crippen LogP contribution in [-0.4, -0.2) is 33.7 Å². The van der Waals surface area contributed by atoms with Crippen LogP contribution in [0, 0.1) is 5.92 Å². The van der Waals surface area contributed by atoms with Crippen molar-refractivity contribution in [2.75, 3.05) is 6.54 Å². The molecule has 0 unspecified atom stereocenters. The van der Waals surface area contributed by atoms with E-state index in [2.05, 4.69) is 20.5 Å². The highest BCUT2D eigenvalue weighted by atomic mass is 16.2. The van der Waals surface area contributed by atoms with Crippen molar-refractivity contribution in [1.29, 1.82) is 0 Å². The summed E-state index contributed by atoms with van der Waals surface area (Å²) >= 11 is 0. The monoisotopic (exact) mass is 211 g/mol. The Morgan fingerprint density at radius 2 is 2.40 bits per heavy atom. The third-order valence-corrected chi connectivity index (χ3v) is 2.15. The molecule has 1 heterocycles. The molecule has 1 amide bonds. The second-order valence-electron chi connectivity index (χ2n) is 3.74. The topological polar surface area (TPSA) is 96.7 Å². The summed E-state index contributed by atoms with van der Waals surface area (Å²) in [7, 11) is 0. The predicted octanol–water partition coefficient (Wildman–Crippen LogP) is -0.553. The molecule has 0 spiro atoms. The molecule has 1 aromatic heterocycles. The van der Waals surface area contributed by atoms with Gasteiger partial charge in [0.05, 0.1) is 6.04 Å². The molecule has 4 N–H and O–H groups in total. The fourth-order valence-electron chi connectivity index (χ4n) is 1.08. The number of carbonyl (C=O) groups excluding carboxylic acids is 1. The molecule has 0 fully saturated rings. The number of aromatic amines is 1. The molecule has 15 heavy (non-hydrogen) atoms. The molecule has 6 heteroatoms. The van der Waals surface area contributed by atoms with Crippen LogP contribution in [0.5, 0.6) is 0 Å². The van der Waals surface area contributed by atoms with Crippen LogP contribution in [-0.2, 0) is 11.2 Å². The van der Waals surface area contributed by atoms with Gasteiger partial charge in [-0.15, -0.1) is 0 Å². The summed E-state index contributed by atoms with van der Waals surface area (Å²) in [5.41, 5.74) is 5.67. The summed E-state index contributed by atoms with van der Waals surface area (Å²) in [6, 6.07) is -0.445. The molecular formula is C9H17N5O. The molecule has 6 nitrogen and oxygen atoms in total. The molecule has 1 rings (SSSR count). The van der Waals surface area contributed by atoms with Crippen LogP contribution in [0.15, 0.2) is 6.33 Å². The fraction of sp³-hybridized carbons (Fsp3) is 0.667. The second-order valence-corrected chi connectivity index (χ2v) is 3.74. The quantitative estimate of drug-likeness (QED) is 0.608. The minimum atomic E-state index is -0.445. The summed E-state index contributed by atoms with van der Waals surface area (Å²) in [4.78, 5) is 15.4. The van der Waals surface area contributed by atoms with Crippen molar-refractivity contribution >= 4 is 5.91 Å². The number of carbonyl (C=O) groups is 1. The van der Waals surface area contributed by atoms with Crippen LogP contribution in [0.1, 0.15) is 19.7 Å². The van der Waals surface area contributed by atoms with Gasteiger partial charge >= 0.3 is 0 Å². The number of nitrogens with two attached hydrogens (primary N) is 1. The smallest absolute Gasteiger partial charge is 0.237 e. The molecule has 84 valence electrons. The third-order valence-electron chi connectivity index (χ3n) is 2.15. The van der Waals surface area contributed by atoms with Crippen LogP contribution >= 0.6 is 0 Å². The molecule has 0 aliphatic carbocycles. The second kappa shape index (κ2) is 5.45. The van der Waals surface area contributed by atoms with E-state index in [9.17, 15) is 4.79 Å². The van der Waals surface area contributed by atoms with Gasteiger partial charge in [0.15, 0.2) is 0 Å². The average molecular weight is 211 g/mol. The Balaban J connectivity index is 2.23. The van der Waals surface area contributed by atoms with Crippen molar-refractivity contribution in [3.05, 3.63) is 12.2 Å². The number of nitrogens with zero attached hydrogens (tertiary/aromatic N) is 2. The zero-order valence-corrected chi connectivity index (χ0v) is 9.03. The summed E-state index contributed by atoms with van der Waals surface area (Å²) < 4.78 is 0. The molecular weight excluding hydrogens is 194 g/mol. The van der Waals surface area contributed by atoms with Gasteiger partial charge in [-0.3, -0.25) is 9.89 Å². The van der Waals surface area contributed by atoms with E-state index in [1.807, 2.05) is 13.8 Å². The van der Waals surface area contributed by atoms with Crippen LogP contribution in [0.4, 0.5) is 0 Å². The van der Waals surface area contributed by atoms with Gasteiger partial charge in [0.25, 0.3) is 0 Å². The first-order chi connectivity index (χ1) is 7.11. The standard InChI is InChI=1S/C9H17N5O/c1-6(2)8(10)9(15)11-4-3-7-12-5-13-14-7/h5-6,8H,3-4,10H2,1-2H3,(H,11,15)(H,12,13,14)/t8-/m1/s1. The van der Waals surface area contributed by atoms with Crippen LogP contribution in [0.3, 0.4) is 0 Å². The lowest BCUT2D eigenvalue weighted by atomic mass is 10.1. The Morgan fingerprint density at radius 1 is 1.67 bits per heavy atom.